The Morgan fingerprint density at radius 3 is 2.38 bits per heavy atom. The number of rotatable bonds is 4. The number of fused-ring (bicyclic) bond motifs is 1. The Morgan fingerprint density at radius 2 is 1.69 bits per heavy atom. The van der Waals surface area contributed by atoms with Crippen LogP contribution in [0.15, 0.2) is 59.7 Å². The van der Waals surface area contributed by atoms with Crippen molar-refractivity contribution >= 4 is 28.8 Å². The smallest absolute Gasteiger partial charge is 0.270 e. The van der Waals surface area contributed by atoms with E-state index in [9.17, 15) is 14.4 Å². The van der Waals surface area contributed by atoms with E-state index < -0.39 is 11.5 Å². The quantitative estimate of drug-likeness (QED) is 0.757. The van der Waals surface area contributed by atoms with E-state index in [1.165, 1.54) is 10.6 Å². The van der Waals surface area contributed by atoms with E-state index >= 15 is 0 Å². The zero-order chi connectivity index (χ0) is 18.1. The number of nitrogens with zero attached hydrogens (tertiary/aromatic N) is 2. The van der Waals surface area contributed by atoms with Crippen LogP contribution in [0.25, 0.3) is 5.65 Å². The summed E-state index contributed by atoms with van der Waals surface area (Å²) in [6.45, 7) is 0. The van der Waals surface area contributed by atoms with Crippen molar-refractivity contribution in [3.05, 3.63) is 70.8 Å². The molecule has 1 fully saturated rings. The molecule has 7 nitrogen and oxygen atoms in total. The number of anilines is 2. The Bertz CT molecular complexity index is 1050. The molecule has 0 radical (unpaired) electrons. The van der Waals surface area contributed by atoms with Crippen LogP contribution in [0.1, 0.15) is 23.2 Å². The molecule has 1 aliphatic rings. The lowest BCUT2D eigenvalue weighted by molar-refractivity contribution is -0.117. The first-order chi connectivity index (χ1) is 12.6. The van der Waals surface area contributed by atoms with Crippen molar-refractivity contribution in [3.8, 4) is 0 Å². The maximum absolute atomic E-state index is 12.4. The van der Waals surface area contributed by atoms with Crippen molar-refractivity contribution in [3.63, 3.8) is 0 Å². The lowest BCUT2D eigenvalue weighted by Gasteiger charge is -2.08. The number of nitrogens with one attached hydrogen (secondary N) is 2. The fourth-order valence-corrected chi connectivity index (χ4v) is 2.61. The monoisotopic (exact) mass is 348 g/mol. The van der Waals surface area contributed by atoms with Gasteiger partial charge in [-0.2, -0.15) is 0 Å². The van der Waals surface area contributed by atoms with Gasteiger partial charge in [0, 0.05) is 29.7 Å². The summed E-state index contributed by atoms with van der Waals surface area (Å²) in [5, 5.41) is 5.50. The molecule has 130 valence electrons. The normalized spacial score (nSPS) is 13.4. The van der Waals surface area contributed by atoms with Crippen LogP contribution >= 0.6 is 0 Å². The van der Waals surface area contributed by atoms with E-state index in [0.29, 0.717) is 17.0 Å². The van der Waals surface area contributed by atoms with Gasteiger partial charge in [0.1, 0.15) is 11.2 Å². The second-order valence-corrected chi connectivity index (χ2v) is 6.20. The van der Waals surface area contributed by atoms with Gasteiger partial charge in [0.2, 0.25) is 5.91 Å². The van der Waals surface area contributed by atoms with Crippen molar-refractivity contribution in [2.45, 2.75) is 12.8 Å². The van der Waals surface area contributed by atoms with Gasteiger partial charge in [-0.1, -0.05) is 6.07 Å². The SMILES string of the molecule is O=C(Nc1ccc(NC(=O)C2CC2)cc1)c1cnc2ccccn2c1=O. The van der Waals surface area contributed by atoms with Crippen LogP contribution in [0.4, 0.5) is 11.4 Å². The van der Waals surface area contributed by atoms with Gasteiger partial charge in [-0.3, -0.25) is 18.8 Å². The van der Waals surface area contributed by atoms with E-state index in [2.05, 4.69) is 15.6 Å². The first-order valence-electron chi connectivity index (χ1n) is 8.30. The van der Waals surface area contributed by atoms with E-state index in [0.717, 1.165) is 12.8 Å². The van der Waals surface area contributed by atoms with Gasteiger partial charge in [-0.15, -0.1) is 0 Å². The van der Waals surface area contributed by atoms with Crippen molar-refractivity contribution in [2.75, 3.05) is 10.6 Å². The lowest BCUT2D eigenvalue weighted by Crippen LogP contribution is -2.26. The number of pyridine rings is 1. The molecule has 1 saturated carbocycles. The molecule has 4 rings (SSSR count). The largest absolute Gasteiger partial charge is 0.326 e. The minimum atomic E-state index is -0.532. The van der Waals surface area contributed by atoms with Crippen LogP contribution in [0.5, 0.6) is 0 Å². The molecule has 0 atom stereocenters. The maximum atomic E-state index is 12.4. The molecule has 0 unspecified atom stereocenters. The molecule has 7 heteroatoms. The van der Waals surface area contributed by atoms with Gasteiger partial charge in [0.15, 0.2) is 0 Å². The topological polar surface area (TPSA) is 92.6 Å². The van der Waals surface area contributed by atoms with Crippen LogP contribution in [-0.4, -0.2) is 21.2 Å². The fraction of sp³-hybridized carbons (Fsp3) is 0.158. The summed E-state index contributed by atoms with van der Waals surface area (Å²) < 4.78 is 1.32. The fourth-order valence-electron chi connectivity index (χ4n) is 2.61. The summed E-state index contributed by atoms with van der Waals surface area (Å²) in [7, 11) is 0. The van der Waals surface area contributed by atoms with Crippen molar-refractivity contribution in [1.29, 1.82) is 0 Å². The minimum absolute atomic E-state index is 0.0250. The lowest BCUT2D eigenvalue weighted by atomic mass is 10.2. The highest BCUT2D eigenvalue weighted by Crippen LogP contribution is 2.30. The number of benzene rings is 1. The van der Waals surface area contributed by atoms with E-state index in [1.807, 2.05) is 0 Å². The molecule has 0 bridgehead atoms. The second-order valence-electron chi connectivity index (χ2n) is 6.20. The number of hydrogen-bond acceptors (Lipinski definition) is 4. The third-order valence-corrected chi connectivity index (χ3v) is 4.22. The van der Waals surface area contributed by atoms with Gasteiger partial charge in [-0.25, -0.2) is 4.98 Å². The Labute approximate surface area is 148 Å². The van der Waals surface area contributed by atoms with Gasteiger partial charge in [0.05, 0.1) is 0 Å². The zero-order valence-electron chi connectivity index (χ0n) is 13.8. The molecular weight excluding hydrogens is 332 g/mol. The van der Waals surface area contributed by atoms with Crippen LogP contribution in [-0.2, 0) is 4.79 Å². The number of hydrogen-bond donors (Lipinski definition) is 2. The van der Waals surface area contributed by atoms with Gasteiger partial charge in [-0.05, 0) is 49.2 Å². The third kappa shape index (κ3) is 3.19. The standard InChI is InChI=1S/C19H16N4O3/c24-17(12-4-5-12)21-13-6-8-14(9-7-13)22-18(25)15-11-20-16-3-1-2-10-23(16)19(15)26/h1-3,6-12H,4-5H2,(H,21,24)(H,22,25). The predicted molar refractivity (Wildman–Crippen MR) is 97.2 cm³/mol. The van der Waals surface area contributed by atoms with Crippen molar-refractivity contribution in [1.82, 2.24) is 9.38 Å². The first kappa shape index (κ1) is 16.0. The molecule has 1 aromatic carbocycles. The number of aromatic nitrogens is 2. The summed E-state index contributed by atoms with van der Waals surface area (Å²) in [6.07, 6.45) is 4.72. The average molecular weight is 348 g/mol. The Morgan fingerprint density at radius 1 is 1.00 bits per heavy atom. The molecule has 3 aromatic rings. The van der Waals surface area contributed by atoms with Gasteiger partial charge < -0.3 is 10.6 Å². The maximum Gasteiger partial charge on any atom is 0.270 e. The molecule has 2 amide bonds. The molecule has 2 N–H and O–H groups in total. The number of amides is 2. The average Bonchev–Trinajstić information content (AvgIpc) is 3.49. The van der Waals surface area contributed by atoms with Crippen LogP contribution < -0.4 is 16.2 Å². The number of carbonyl (C=O) groups is 2. The van der Waals surface area contributed by atoms with Gasteiger partial charge in [0.25, 0.3) is 11.5 Å². The van der Waals surface area contributed by atoms with E-state index in [-0.39, 0.29) is 17.4 Å². The minimum Gasteiger partial charge on any atom is -0.326 e. The molecule has 26 heavy (non-hydrogen) atoms. The molecule has 0 aliphatic heterocycles. The number of carbonyl (C=O) groups excluding carboxylic acids is 2. The van der Waals surface area contributed by atoms with Crippen LogP contribution in [0, 0.1) is 5.92 Å². The highest BCUT2D eigenvalue weighted by Gasteiger charge is 2.29. The summed E-state index contributed by atoms with van der Waals surface area (Å²) in [5.74, 6) is -0.379. The molecule has 0 saturated heterocycles. The zero-order valence-corrected chi connectivity index (χ0v) is 13.8. The van der Waals surface area contributed by atoms with E-state index in [4.69, 9.17) is 0 Å². The van der Waals surface area contributed by atoms with Crippen molar-refractivity contribution in [2.24, 2.45) is 5.92 Å². The summed E-state index contributed by atoms with van der Waals surface area (Å²) in [4.78, 5) is 40.7. The van der Waals surface area contributed by atoms with Gasteiger partial charge >= 0.3 is 0 Å². The molecule has 0 spiro atoms. The van der Waals surface area contributed by atoms with Crippen LogP contribution in [0.2, 0.25) is 0 Å². The third-order valence-electron chi connectivity index (χ3n) is 4.22. The Balaban J connectivity index is 1.50. The molecule has 1 aliphatic carbocycles. The van der Waals surface area contributed by atoms with E-state index in [1.54, 1.807) is 48.7 Å². The Kier molecular flexibility index (Phi) is 3.96. The summed E-state index contributed by atoms with van der Waals surface area (Å²) in [6, 6.07) is 11.9. The second kappa shape index (κ2) is 6.44. The molecular formula is C19H16N4O3. The first-order valence-corrected chi connectivity index (χ1v) is 8.30. The molecule has 2 heterocycles. The highest BCUT2D eigenvalue weighted by molar-refractivity contribution is 6.04. The van der Waals surface area contributed by atoms with Crippen molar-refractivity contribution < 1.29 is 9.59 Å². The van der Waals surface area contributed by atoms with Crippen LogP contribution in [0.3, 0.4) is 0 Å². The molecule has 2 aromatic heterocycles. The highest BCUT2D eigenvalue weighted by atomic mass is 16.2. The Hall–Kier alpha value is -3.48. The summed E-state index contributed by atoms with van der Waals surface area (Å²) >= 11 is 0. The summed E-state index contributed by atoms with van der Waals surface area (Å²) in [5.41, 5.74) is 1.20. The predicted octanol–water partition coefficient (Wildman–Crippen LogP) is 2.30.